The highest BCUT2D eigenvalue weighted by Gasteiger charge is 2.41. The minimum atomic E-state index is -0.595. The zero-order valence-electron chi connectivity index (χ0n) is 23.0. The molecule has 0 radical (unpaired) electrons. The Morgan fingerprint density at radius 2 is 1.77 bits per heavy atom. The molecule has 1 aliphatic carbocycles. The molecule has 1 unspecified atom stereocenters. The van der Waals surface area contributed by atoms with Gasteiger partial charge in [-0.2, -0.15) is 0 Å². The third kappa shape index (κ3) is 5.40. The summed E-state index contributed by atoms with van der Waals surface area (Å²) in [6.07, 6.45) is 5.10. The van der Waals surface area contributed by atoms with Crippen LogP contribution in [0.2, 0.25) is 0 Å². The highest BCUT2D eigenvalue weighted by Crippen LogP contribution is 2.33. The van der Waals surface area contributed by atoms with Gasteiger partial charge < -0.3 is 19.5 Å². The standard InChI is InChI=1S/C33H36N4O3/c1-40-18-8-17-35-22-26(29-13-5-6-14-30(29)35)23-36(27-15-16-27)33(39)31-20-34-21-32(38)37(31)28-12-7-11-25(19-28)24-9-3-2-4-10-24/h2-7,9-14,19,22,27,31,34H,8,15-18,20-21,23H2,1H3. The SMILES string of the molecule is COCCCn1cc(CN(C(=O)C2CNCC(=O)N2c2cccc(-c3ccccc3)c2)C2CC2)c2ccccc21. The molecule has 1 aromatic heterocycles. The molecule has 1 saturated carbocycles. The summed E-state index contributed by atoms with van der Waals surface area (Å²) in [5.41, 5.74) is 5.18. The Hall–Kier alpha value is -3.94. The number of piperazine rings is 1. The zero-order chi connectivity index (χ0) is 27.5. The summed E-state index contributed by atoms with van der Waals surface area (Å²) in [6.45, 7) is 2.75. The van der Waals surface area contributed by atoms with Crippen LogP contribution in [0.5, 0.6) is 0 Å². The Kier molecular flexibility index (Phi) is 7.66. The fourth-order valence-corrected chi connectivity index (χ4v) is 5.81. The molecule has 1 N–H and O–H groups in total. The highest BCUT2D eigenvalue weighted by atomic mass is 16.5. The molecule has 7 nitrogen and oxygen atoms in total. The molecule has 7 heteroatoms. The number of nitrogens with zero attached hydrogens (tertiary/aromatic N) is 3. The number of carbonyl (C=O) groups excluding carboxylic acids is 2. The van der Waals surface area contributed by atoms with Gasteiger partial charge >= 0.3 is 0 Å². The van der Waals surface area contributed by atoms with Gasteiger partial charge in [0, 0.05) is 62.2 Å². The van der Waals surface area contributed by atoms with E-state index in [0.29, 0.717) is 19.7 Å². The summed E-state index contributed by atoms with van der Waals surface area (Å²) in [5, 5.41) is 4.37. The van der Waals surface area contributed by atoms with Crippen LogP contribution in [-0.2, 0) is 27.4 Å². The third-order valence-corrected chi connectivity index (χ3v) is 7.94. The Morgan fingerprint density at radius 3 is 2.58 bits per heavy atom. The molecule has 1 aliphatic heterocycles. The van der Waals surface area contributed by atoms with Crippen LogP contribution in [0.25, 0.3) is 22.0 Å². The van der Waals surface area contributed by atoms with Crippen LogP contribution in [0.15, 0.2) is 85.1 Å². The lowest BCUT2D eigenvalue weighted by Crippen LogP contribution is -2.61. The summed E-state index contributed by atoms with van der Waals surface area (Å²) in [7, 11) is 1.73. The van der Waals surface area contributed by atoms with Crippen molar-refractivity contribution in [1.82, 2.24) is 14.8 Å². The van der Waals surface area contributed by atoms with Crippen LogP contribution in [-0.4, -0.2) is 60.2 Å². The number of nitrogens with one attached hydrogen (secondary N) is 1. The second-order valence-electron chi connectivity index (χ2n) is 10.7. The van der Waals surface area contributed by atoms with E-state index < -0.39 is 6.04 Å². The number of rotatable bonds is 10. The maximum absolute atomic E-state index is 14.3. The van der Waals surface area contributed by atoms with Crippen LogP contribution >= 0.6 is 0 Å². The average molecular weight is 537 g/mol. The second-order valence-corrected chi connectivity index (χ2v) is 10.7. The van der Waals surface area contributed by atoms with Gasteiger partial charge in [0.15, 0.2) is 0 Å². The molecule has 4 aromatic rings. The van der Waals surface area contributed by atoms with Crippen LogP contribution < -0.4 is 10.2 Å². The first kappa shape index (κ1) is 26.3. The van der Waals surface area contributed by atoms with Crippen molar-refractivity contribution in [3.8, 4) is 11.1 Å². The number of hydrogen-bond donors (Lipinski definition) is 1. The molecule has 6 rings (SSSR count). The van der Waals surface area contributed by atoms with Crippen molar-refractivity contribution < 1.29 is 14.3 Å². The Balaban J connectivity index is 1.29. The summed E-state index contributed by atoms with van der Waals surface area (Å²) in [6, 6.07) is 26.1. The van der Waals surface area contributed by atoms with Gasteiger partial charge in [-0.3, -0.25) is 14.5 Å². The van der Waals surface area contributed by atoms with E-state index in [2.05, 4.69) is 52.5 Å². The third-order valence-electron chi connectivity index (χ3n) is 7.94. The van der Waals surface area contributed by atoms with Crippen molar-refractivity contribution in [1.29, 1.82) is 0 Å². The fraction of sp³-hybridized carbons (Fsp3) is 0.333. The van der Waals surface area contributed by atoms with Gasteiger partial charge in [0.25, 0.3) is 0 Å². The van der Waals surface area contributed by atoms with E-state index in [9.17, 15) is 9.59 Å². The van der Waals surface area contributed by atoms with Crippen molar-refractivity contribution in [2.75, 3.05) is 31.7 Å². The smallest absolute Gasteiger partial charge is 0.247 e. The molecule has 2 heterocycles. The number of anilines is 1. The molecule has 2 aliphatic rings. The number of hydrogen-bond acceptors (Lipinski definition) is 4. The quantitative estimate of drug-likeness (QED) is 0.295. The van der Waals surface area contributed by atoms with Gasteiger partial charge in [-0.15, -0.1) is 0 Å². The number of aryl methyl sites for hydroxylation is 1. The van der Waals surface area contributed by atoms with Crippen LogP contribution in [0, 0.1) is 0 Å². The van der Waals surface area contributed by atoms with E-state index in [1.54, 1.807) is 12.0 Å². The monoisotopic (exact) mass is 536 g/mol. The molecule has 1 atom stereocenters. The first-order valence-corrected chi connectivity index (χ1v) is 14.2. The minimum absolute atomic E-state index is 0.00405. The van der Waals surface area contributed by atoms with Gasteiger partial charge in [-0.25, -0.2) is 0 Å². The first-order valence-electron chi connectivity index (χ1n) is 14.2. The normalized spacial score (nSPS) is 17.4. The predicted molar refractivity (Wildman–Crippen MR) is 158 cm³/mol. The lowest BCUT2D eigenvalue weighted by molar-refractivity contribution is -0.136. The highest BCUT2D eigenvalue weighted by molar-refractivity contribution is 6.03. The number of carbonyl (C=O) groups is 2. The Labute approximate surface area is 235 Å². The molecule has 0 bridgehead atoms. The van der Waals surface area contributed by atoms with Gasteiger partial charge in [-0.1, -0.05) is 60.7 Å². The van der Waals surface area contributed by atoms with Crippen molar-refractivity contribution in [3.63, 3.8) is 0 Å². The molecule has 2 fully saturated rings. The maximum atomic E-state index is 14.3. The van der Waals surface area contributed by atoms with Crippen molar-refractivity contribution >= 4 is 28.4 Å². The summed E-state index contributed by atoms with van der Waals surface area (Å²) in [4.78, 5) is 31.3. The lowest BCUT2D eigenvalue weighted by atomic mass is 10.0. The van der Waals surface area contributed by atoms with E-state index in [-0.39, 0.29) is 24.4 Å². The van der Waals surface area contributed by atoms with Gasteiger partial charge in [0.05, 0.1) is 6.54 Å². The van der Waals surface area contributed by atoms with Crippen LogP contribution in [0.1, 0.15) is 24.8 Å². The van der Waals surface area contributed by atoms with Crippen molar-refractivity contribution in [2.24, 2.45) is 0 Å². The maximum Gasteiger partial charge on any atom is 0.247 e. The number of fused-ring (bicyclic) bond motifs is 1. The number of aromatic nitrogens is 1. The topological polar surface area (TPSA) is 66.8 Å². The summed E-state index contributed by atoms with van der Waals surface area (Å²) < 4.78 is 7.54. The Bertz CT molecular complexity index is 1490. The van der Waals surface area contributed by atoms with Crippen molar-refractivity contribution in [3.05, 3.63) is 90.6 Å². The Morgan fingerprint density at radius 1 is 1.00 bits per heavy atom. The molecule has 3 aromatic carbocycles. The van der Waals surface area contributed by atoms with Crippen LogP contribution in [0.4, 0.5) is 5.69 Å². The molecular weight excluding hydrogens is 500 g/mol. The van der Waals surface area contributed by atoms with Crippen LogP contribution in [0.3, 0.4) is 0 Å². The van der Waals surface area contributed by atoms with E-state index in [0.717, 1.165) is 48.2 Å². The molecule has 1 saturated heterocycles. The predicted octanol–water partition coefficient (Wildman–Crippen LogP) is 4.84. The first-order chi connectivity index (χ1) is 19.6. The number of amides is 2. The van der Waals surface area contributed by atoms with E-state index >= 15 is 0 Å². The summed E-state index contributed by atoms with van der Waals surface area (Å²) >= 11 is 0. The number of methoxy groups -OCH3 is 1. The van der Waals surface area contributed by atoms with Gasteiger partial charge in [0.1, 0.15) is 6.04 Å². The zero-order valence-corrected chi connectivity index (χ0v) is 23.0. The number of para-hydroxylation sites is 1. The second kappa shape index (κ2) is 11.7. The average Bonchev–Trinajstić information content (AvgIpc) is 3.78. The molecule has 206 valence electrons. The molecule has 40 heavy (non-hydrogen) atoms. The lowest BCUT2D eigenvalue weighted by Gasteiger charge is -2.38. The fourth-order valence-electron chi connectivity index (χ4n) is 5.81. The molecule has 2 amide bonds. The minimum Gasteiger partial charge on any atom is -0.385 e. The largest absolute Gasteiger partial charge is 0.385 e. The van der Waals surface area contributed by atoms with Gasteiger partial charge in [0.2, 0.25) is 11.8 Å². The molecular formula is C33H36N4O3. The van der Waals surface area contributed by atoms with E-state index in [4.69, 9.17) is 4.74 Å². The van der Waals surface area contributed by atoms with Gasteiger partial charge in [-0.05, 0) is 54.2 Å². The van der Waals surface area contributed by atoms with E-state index in [1.807, 2.05) is 47.4 Å². The van der Waals surface area contributed by atoms with E-state index in [1.165, 1.54) is 10.9 Å². The van der Waals surface area contributed by atoms with Crippen molar-refractivity contribution in [2.45, 2.75) is 44.4 Å². The molecule has 0 spiro atoms. The summed E-state index contributed by atoms with van der Waals surface area (Å²) in [5.74, 6) is -0.0790. The number of benzene rings is 3. The number of ether oxygens (including phenoxy) is 1.